The predicted molar refractivity (Wildman–Crippen MR) is 76.5 cm³/mol. The molecule has 0 saturated heterocycles. The quantitative estimate of drug-likeness (QED) is 0.865. The molecule has 110 valence electrons. The molecule has 1 unspecified atom stereocenters. The van der Waals surface area contributed by atoms with Gasteiger partial charge in [0.1, 0.15) is 0 Å². The average molecular weight is 278 g/mol. The number of hydrogen-bond donors (Lipinski definition) is 2. The predicted octanol–water partition coefficient (Wildman–Crippen LogP) is 2.26. The lowest BCUT2D eigenvalue weighted by atomic mass is 9.84. The molecule has 0 radical (unpaired) electrons. The fourth-order valence-corrected chi connectivity index (χ4v) is 1.98. The zero-order chi connectivity index (χ0) is 15.3. The first-order chi connectivity index (χ1) is 9.19. The fourth-order valence-electron chi connectivity index (χ4n) is 1.98. The van der Waals surface area contributed by atoms with Crippen molar-refractivity contribution in [3.63, 3.8) is 0 Å². The summed E-state index contributed by atoms with van der Waals surface area (Å²) in [4.78, 5) is 27.1. The summed E-state index contributed by atoms with van der Waals surface area (Å²) in [5, 5.41) is 11.9. The number of carboxylic acid groups (broad SMARTS) is 1. The van der Waals surface area contributed by atoms with Crippen LogP contribution in [-0.4, -0.2) is 28.5 Å². The van der Waals surface area contributed by atoms with Crippen molar-refractivity contribution in [3.8, 4) is 0 Å². The van der Waals surface area contributed by atoms with E-state index in [2.05, 4.69) is 10.3 Å². The Bertz CT molecular complexity index is 492. The molecule has 2 N–H and O–H groups in total. The van der Waals surface area contributed by atoms with Gasteiger partial charge in [-0.1, -0.05) is 20.8 Å². The largest absolute Gasteiger partial charge is 0.481 e. The highest BCUT2D eigenvalue weighted by atomic mass is 16.4. The second kappa shape index (κ2) is 6.50. The van der Waals surface area contributed by atoms with E-state index in [0.717, 1.165) is 5.56 Å². The van der Waals surface area contributed by atoms with Gasteiger partial charge in [0.25, 0.3) is 5.91 Å². The summed E-state index contributed by atoms with van der Waals surface area (Å²) in [6.45, 7) is 7.92. The number of hydrogen-bond acceptors (Lipinski definition) is 3. The molecule has 1 aromatic heterocycles. The molecule has 0 aromatic carbocycles. The maximum Gasteiger partial charge on any atom is 0.308 e. The Morgan fingerprint density at radius 3 is 2.50 bits per heavy atom. The molecular formula is C15H22N2O3. The minimum Gasteiger partial charge on any atom is -0.481 e. The number of nitrogens with zero attached hydrogens (tertiary/aromatic N) is 1. The van der Waals surface area contributed by atoms with Crippen molar-refractivity contribution in [2.75, 3.05) is 6.54 Å². The van der Waals surface area contributed by atoms with E-state index < -0.39 is 11.9 Å². The number of carbonyl (C=O) groups is 2. The molecule has 1 atom stereocenters. The number of nitrogens with one attached hydrogen (secondary N) is 1. The van der Waals surface area contributed by atoms with Crippen LogP contribution in [0.5, 0.6) is 0 Å². The molecule has 1 rings (SSSR count). The minimum absolute atomic E-state index is 0.0985. The van der Waals surface area contributed by atoms with Crippen molar-refractivity contribution >= 4 is 11.9 Å². The zero-order valence-electron chi connectivity index (χ0n) is 12.4. The number of carboxylic acids is 1. The molecule has 0 saturated carbocycles. The van der Waals surface area contributed by atoms with Gasteiger partial charge in [-0.2, -0.15) is 0 Å². The topological polar surface area (TPSA) is 79.3 Å². The number of rotatable bonds is 5. The number of carbonyl (C=O) groups excluding carboxylic acids is 1. The second-order valence-corrected chi connectivity index (χ2v) is 6.26. The summed E-state index contributed by atoms with van der Waals surface area (Å²) in [5.74, 6) is -1.76. The number of aromatic nitrogens is 1. The van der Waals surface area contributed by atoms with E-state index in [9.17, 15) is 14.7 Å². The summed E-state index contributed by atoms with van der Waals surface area (Å²) < 4.78 is 0. The smallest absolute Gasteiger partial charge is 0.308 e. The van der Waals surface area contributed by atoms with E-state index in [1.807, 2.05) is 27.7 Å². The highest BCUT2D eigenvalue weighted by molar-refractivity contribution is 5.94. The molecule has 5 nitrogen and oxygen atoms in total. The van der Waals surface area contributed by atoms with Crippen LogP contribution in [-0.2, 0) is 4.79 Å². The van der Waals surface area contributed by atoms with E-state index in [1.54, 1.807) is 12.3 Å². The minimum atomic E-state index is -0.886. The number of aryl methyl sites for hydroxylation is 1. The van der Waals surface area contributed by atoms with Crippen LogP contribution in [0.15, 0.2) is 18.5 Å². The van der Waals surface area contributed by atoms with E-state index in [1.165, 1.54) is 6.20 Å². The Hall–Kier alpha value is -1.91. The van der Waals surface area contributed by atoms with Crippen molar-refractivity contribution in [3.05, 3.63) is 29.6 Å². The standard InChI is InChI=1S/C15H22N2O3/c1-10-5-11(8-16-7-10)13(18)17-9-12(14(19)20)6-15(2,3)4/h5,7-8,12H,6,9H2,1-4H3,(H,17,18)(H,19,20). The third-order valence-electron chi connectivity index (χ3n) is 2.85. The van der Waals surface area contributed by atoms with Gasteiger partial charge in [-0.3, -0.25) is 14.6 Å². The van der Waals surface area contributed by atoms with Crippen LogP contribution in [0.1, 0.15) is 43.1 Å². The summed E-state index contributed by atoms with van der Waals surface area (Å²) in [5.41, 5.74) is 1.24. The molecular weight excluding hydrogens is 256 g/mol. The third-order valence-corrected chi connectivity index (χ3v) is 2.85. The van der Waals surface area contributed by atoms with Crippen molar-refractivity contribution in [1.82, 2.24) is 10.3 Å². The van der Waals surface area contributed by atoms with E-state index in [-0.39, 0.29) is 17.9 Å². The van der Waals surface area contributed by atoms with E-state index >= 15 is 0 Å². The summed E-state index contributed by atoms with van der Waals surface area (Å²) >= 11 is 0. The van der Waals surface area contributed by atoms with E-state index in [0.29, 0.717) is 12.0 Å². The SMILES string of the molecule is Cc1cncc(C(=O)NCC(CC(C)(C)C)C(=O)O)c1. The van der Waals surface area contributed by atoms with Gasteiger partial charge >= 0.3 is 5.97 Å². The third kappa shape index (κ3) is 5.38. The summed E-state index contributed by atoms with van der Waals surface area (Å²) in [6.07, 6.45) is 3.65. The highest BCUT2D eigenvalue weighted by Crippen LogP contribution is 2.24. The van der Waals surface area contributed by atoms with Crippen LogP contribution in [0.25, 0.3) is 0 Å². The Labute approximate surface area is 119 Å². The van der Waals surface area contributed by atoms with Crippen LogP contribution in [0, 0.1) is 18.3 Å². The first-order valence-corrected chi connectivity index (χ1v) is 6.62. The molecule has 1 heterocycles. The van der Waals surface area contributed by atoms with Crippen LogP contribution >= 0.6 is 0 Å². The lowest BCUT2D eigenvalue weighted by molar-refractivity contribution is -0.142. The lowest BCUT2D eigenvalue weighted by Crippen LogP contribution is -2.35. The van der Waals surface area contributed by atoms with Gasteiger partial charge in [-0.05, 0) is 30.4 Å². The number of aliphatic carboxylic acids is 1. The number of amides is 1. The molecule has 0 aliphatic carbocycles. The normalized spacial score (nSPS) is 12.8. The molecule has 0 aliphatic rings. The monoisotopic (exact) mass is 278 g/mol. The Balaban J connectivity index is 2.64. The second-order valence-electron chi connectivity index (χ2n) is 6.26. The van der Waals surface area contributed by atoms with Crippen molar-refractivity contribution in [1.29, 1.82) is 0 Å². The van der Waals surface area contributed by atoms with Crippen molar-refractivity contribution in [2.24, 2.45) is 11.3 Å². The first-order valence-electron chi connectivity index (χ1n) is 6.62. The summed E-state index contributed by atoms with van der Waals surface area (Å²) in [6, 6.07) is 1.72. The van der Waals surface area contributed by atoms with Crippen LogP contribution in [0.3, 0.4) is 0 Å². The van der Waals surface area contributed by atoms with Crippen molar-refractivity contribution < 1.29 is 14.7 Å². The maximum absolute atomic E-state index is 11.9. The highest BCUT2D eigenvalue weighted by Gasteiger charge is 2.25. The van der Waals surface area contributed by atoms with Gasteiger partial charge in [-0.25, -0.2) is 0 Å². The van der Waals surface area contributed by atoms with Crippen LogP contribution in [0.2, 0.25) is 0 Å². The van der Waals surface area contributed by atoms with Gasteiger partial charge in [0, 0.05) is 18.9 Å². The van der Waals surface area contributed by atoms with Gasteiger partial charge < -0.3 is 10.4 Å². The van der Waals surface area contributed by atoms with Crippen LogP contribution < -0.4 is 5.32 Å². The molecule has 0 spiro atoms. The Morgan fingerprint density at radius 1 is 1.35 bits per heavy atom. The maximum atomic E-state index is 11.9. The fraction of sp³-hybridized carbons (Fsp3) is 0.533. The molecule has 1 aromatic rings. The lowest BCUT2D eigenvalue weighted by Gasteiger charge is -2.23. The Morgan fingerprint density at radius 2 is 2.00 bits per heavy atom. The first kappa shape index (κ1) is 16.1. The van der Waals surface area contributed by atoms with E-state index in [4.69, 9.17) is 0 Å². The molecule has 0 bridgehead atoms. The molecule has 0 fully saturated rings. The van der Waals surface area contributed by atoms with Gasteiger partial charge in [-0.15, -0.1) is 0 Å². The molecule has 0 aliphatic heterocycles. The summed E-state index contributed by atoms with van der Waals surface area (Å²) in [7, 11) is 0. The van der Waals surface area contributed by atoms with Crippen LogP contribution in [0.4, 0.5) is 0 Å². The van der Waals surface area contributed by atoms with Gasteiger partial charge in [0.05, 0.1) is 11.5 Å². The van der Waals surface area contributed by atoms with Gasteiger partial charge in [0.15, 0.2) is 0 Å². The number of pyridine rings is 1. The molecule has 1 amide bonds. The zero-order valence-corrected chi connectivity index (χ0v) is 12.4. The average Bonchev–Trinajstić information content (AvgIpc) is 2.32. The molecule has 5 heteroatoms. The van der Waals surface area contributed by atoms with Gasteiger partial charge in [0.2, 0.25) is 0 Å². The van der Waals surface area contributed by atoms with Crippen molar-refractivity contribution in [2.45, 2.75) is 34.1 Å². The Kier molecular flexibility index (Phi) is 5.25. The molecule has 20 heavy (non-hydrogen) atoms.